The Labute approximate surface area is 469 Å². The second-order valence-corrected chi connectivity index (χ2v) is 31.3. The molecule has 2 aliphatic heterocycles. The van der Waals surface area contributed by atoms with E-state index in [2.05, 4.69) is 113 Å². The minimum Gasteiger partial charge on any atom is -0.497 e. The number of aliphatic hydroxyl groups is 1. The topological polar surface area (TPSA) is 103 Å². The molecule has 416 valence electrons. The summed E-state index contributed by atoms with van der Waals surface area (Å²) in [6, 6.07) is 40.0. The molecule has 6 atom stereocenters. The molecule has 4 aromatic carbocycles. The van der Waals surface area contributed by atoms with Gasteiger partial charge in [-0.2, -0.15) is 0 Å². The van der Waals surface area contributed by atoms with Crippen LogP contribution in [0.15, 0.2) is 115 Å². The summed E-state index contributed by atoms with van der Waals surface area (Å²) in [6.45, 7) is 13.0. The zero-order chi connectivity index (χ0) is 53.4. The van der Waals surface area contributed by atoms with Crippen molar-refractivity contribution < 1.29 is 47.4 Å². The third-order valence-corrected chi connectivity index (χ3v) is 26.9. The van der Waals surface area contributed by atoms with E-state index in [-0.39, 0.29) is 39.5 Å². The number of methoxy groups -OCH3 is 4. The highest BCUT2D eigenvalue weighted by Crippen LogP contribution is 2.56. The lowest BCUT2D eigenvalue weighted by molar-refractivity contribution is -0.102. The zero-order valence-corrected chi connectivity index (χ0v) is 50.4. The van der Waals surface area contributed by atoms with Gasteiger partial charge in [0.25, 0.3) is 8.32 Å². The highest BCUT2D eigenvalue weighted by atomic mass is 32.2. The first-order valence-electron chi connectivity index (χ1n) is 27.0. The van der Waals surface area contributed by atoms with Crippen LogP contribution in [0, 0.1) is 5.92 Å². The number of ether oxygens (including phenoxy) is 8. The molecule has 2 aliphatic rings. The molecule has 0 amide bonds. The van der Waals surface area contributed by atoms with Crippen molar-refractivity contribution in [2.45, 2.75) is 130 Å². The lowest BCUT2D eigenvalue weighted by atomic mass is 9.90. The van der Waals surface area contributed by atoms with Crippen LogP contribution in [0.4, 0.5) is 0 Å². The number of hydrogen-bond acceptors (Lipinski definition) is 14. The molecular formula is C60H88O10S4Si. The summed E-state index contributed by atoms with van der Waals surface area (Å²) in [4.78, 5) is 0. The summed E-state index contributed by atoms with van der Waals surface area (Å²) < 4.78 is 56.4. The van der Waals surface area contributed by atoms with Gasteiger partial charge in [-0.25, -0.2) is 0 Å². The Morgan fingerprint density at radius 2 is 1.12 bits per heavy atom. The van der Waals surface area contributed by atoms with Gasteiger partial charge in [0, 0.05) is 40.8 Å². The van der Waals surface area contributed by atoms with Crippen molar-refractivity contribution >= 4 is 65.7 Å². The molecule has 0 radical (unpaired) electrons. The van der Waals surface area contributed by atoms with Crippen LogP contribution < -0.4 is 15.1 Å². The van der Waals surface area contributed by atoms with E-state index in [1.807, 2.05) is 84.5 Å². The van der Waals surface area contributed by atoms with E-state index in [9.17, 15) is 5.11 Å². The fourth-order valence-electron chi connectivity index (χ4n) is 10.4. The summed E-state index contributed by atoms with van der Waals surface area (Å²) in [6.07, 6.45) is 4.09. The fourth-order valence-corrected chi connectivity index (χ4v) is 22.1. The zero-order valence-electron chi connectivity index (χ0n) is 46.1. The normalized spacial score (nSPS) is 18.4. The molecule has 15 heteroatoms. The lowest BCUT2D eigenvalue weighted by Crippen LogP contribution is -2.67. The maximum atomic E-state index is 13.0. The Kier molecular flexibility index (Phi) is 26.7. The number of hydrogen-bond donors (Lipinski definition) is 1. The average Bonchev–Trinajstić information content (AvgIpc) is 3.43. The van der Waals surface area contributed by atoms with Crippen LogP contribution in [-0.4, -0.2) is 143 Å². The summed E-state index contributed by atoms with van der Waals surface area (Å²) in [7, 11) is 4.07. The van der Waals surface area contributed by atoms with Crippen LogP contribution in [0.2, 0.25) is 5.04 Å². The summed E-state index contributed by atoms with van der Waals surface area (Å²) in [5.74, 6) is 5.06. The van der Waals surface area contributed by atoms with E-state index in [1.165, 1.54) is 10.4 Å². The molecule has 6 rings (SSSR count). The van der Waals surface area contributed by atoms with Gasteiger partial charge in [0.2, 0.25) is 0 Å². The van der Waals surface area contributed by atoms with Crippen molar-refractivity contribution in [3.63, 3.8) is 0 Å². The predicted octanol–water partition coefficient (Wildman–Crippen LogP) is 11.5. The van der Waals surface area contributed by atoms with Crippen LogP contribution >= 0.6 is 47.0 Å². The highest BCUT2D eigenvalue weighted by Gasteiger charge is 2.52. The quantitative estimate of drug-likeness (QED) is 0.0355. The van der Waals surface area contributed by atoms with Gasteiger partial charge in [-0.3, -0.25) is 0 Å². The first-order chi connectivity index (χ1) is 36.4. The molecule has 0 saturated carbocycles. The van der Waals surface area contributed by atoms with Crippen molar-refractivity contribution in [3.8, 4) is 5.75 Å². The van der Waals surface area contributed by atoms with E-state index in [0.29, 0.717) is 78.5 Å². The molecule has 1 N–H and O–H groups in total. The van der Waals surface area contributed by atoms with Gasteiger partial charge in [-0.05, 0) is 99.7 Å². The molecule has 0 aliphatic carbocycles. The minimum atomic E-state index is -2.85. The Hall–Kier alpha value is -2.06. The monoisotopic (exact) mass is 1120 g/mol. The van der Waals surface area contributed by atoms with Gasteiger partial charge >= 0.3 is 0 Å². The van der Waals surface area contributed by atoms with E-state index in [4.69, 9.17) is 42.3 Å². The largest absolute Gasteiger partial charge is 0.497 e. The highest BCUT2D eigenvalue weighted by molar-refractivity contribution is 8.19. The van der Waals surface area contributed by atoms with Gasteiger partial charge < -0.3 is 47.4 Å². The standard InChI is InChI=1S/C60H88O10S4Si/c1-47(59(71-36-18-37-72-59)43-56(69-45-48-20-12-9-13-21-48)55(68-35-33-63-6)30-31-66-44-49-26-28-50(64-7)29-27-49)40-57(61)60(73-38-19-39-74-60)42-51(65-8)41-52(67-34-32-62-5)46-70-75(58(2,3)4,53-22-14-10-15-23-53)54-24-16-11-17-25-54/h9-17,20-29,47,51-52,55-57,61H,18-19,30-46H2,1-8H3/t47-,51-,52-,55-,56-,57-/m0/s1. The molecular weight excluding hydrogens is 1040 g/mol. The first-order valence-corrected chi connectivity index (χ1v) is 32.8. The van der Waals surface area contributed by atoms with Crippen molar-refractivity contribution in [1.29, 1.82) is 0 Å². The first kappa shape index (κ1) is 62.1. The second kappa shape index (κ2) is 32.3. The summed E-state index contributed by atoms with van der Waals surface area (Å²) >= 11 is 7.93. The fraction of sp³-hybridized carbons (Fsp3) is 0.600. The van der Waals surface area contributed by atoms with E-state index < -0.39 is 18.5 Å². The number of benzene rings is 4. The summed E-state index contributed by atoms with van der Waals surface area (Å²) in [5.41, 5.74) is 2.21. The van der Waals surface area contributed by atoms with Crippen LogP contribution in [-0.2, 0) is 50.8 Å². The summed E-state index contributed by atoms with van der Waals surface area (Å²) in [5, 5.41) is 15.3. The molecule has 75 heavy (non-hydrogen) atoms. The molecule has 0 spiro atoms. The Morgan fingerprint density at radius 1 is 0.573 bits per heavy atom. The lowest BCUT2D eigenvalue weighted by Gasteiger charge is -2.47. The van der Waals surface area contributed by atoms with Crippen LogP contribution in [0.1, 0.15) is 83.8 Å². The van der Waals surface area contributed by atoms with Gasteiger partial charge in [-0.15, -0.1) is 47.0 Å². The molecule has 10 nitrogen and oxygen atoms in total. The number of thioether (sulfide) groups is 4. The van der Waals surface area contributed by atoms with E-state index in [1.54, 1.807) is 21.3 Å². The number of aliphatic hydroxyl groups excluding tert-OH is 1. The Balaban J connectivity index is 1.22. The smallest absolute Gasteiger partial charge is 0.261 e. The predicted molar refractivity (Wildman–Crippen MR) is 318 cm³/mol. The molecule has 2 heterocycles. The maximum Gasteiger partial charge on any atom is 0.261 e. The van der Waals surface area contributed by atoms with Gasteiger partial charge in [0.1, 0.15) is 5.75 Å². The Morgan fingerprint density at radius 3 is 1.67 bits per heavy atom. The third-order valence-electron chi connectivity index (χ3n) is 14.5. The minimum absolute atomic E-state index is 0.141. The van der Waals surface area contributed by atoms with Crippen LogP contribution in [0.25, 0.3) is 0 Å². The van der Waals surface area contributed by atoms with Crippen LogP contribution in [0.5, 0.6) is 5.75 Å². The van der Waals surface area contributed by atoms with Gasteiger partial charge in [0.15, 0.2) is 0 Å². The maximum absolute atomic E-state index is 13.0. The molecule has 4 aromatic rings. The molecule has 2 saturated heterocycles. The third kappa shape index (κ3) is 18.2. The number of rotatable bonds is 34. The molecule has 0 bridgehead atoms. The second-order valence-electron chi connectivity index (χ2n) is 20.8. The van der Waals surface area contributed by atoms with Crippen molar-refractivity contribution in [1.82, 2.24) is 0 Å². The van der Waals surface area contributed by atoms with Crippen LogP contribution in [0.3, 0.4) is 0 Å². The molecule has 0 aromatic heterocycles. The van der Waals surface area contributed by atoms with Crippen molar-refractivity contribution in [2.75, 3.05) is 91.1 Å². The Bertz CT molecular complexity index is 2090. The molecule has 0 unspecified atom stereocenters. The van der Waals surface area contributed by atoms with Gasteiger partial charge in [-0.1, -0.05) is 131 Å². The average molecular weight is 1130 g/mol. The SMILES string of the molecule is COCCO[C@H](CO[Si](c1ccccc1)(c1ccccc1)C(C)(C)C)C[C@@H](CC1([C@@H](O)C[C@H](C)C2(C[C@H](OCc3ccccc3)[C@H](CCOCc3ccc(OC)cc3)OCCOC)SCCCS2)SCCCS1)OC. The van der Waals surface area contributed by atoms with E-state index >= 15 is 0 Å². The van der Waals surface area contributed by atoms with E-state index in [0.717, 1.165) is 59.2 Å². The van der Waals surface area contributed by atoms with Gasteiger partial charge in [0.05, 0.1) is 92.0 Å². The molecule has 2 fully saturated rings. The van der Waals surface area contributed by atoms with Crippen molar-refractivity contribution in [3.05, 3.63) is 126 Å². The van der Waals surface area contributed by atoms with Crippen molar-refractivity contribution in [2.24, 2.45) is 5.92 Å².